The fourth-order valence-electron chi connectivity index (χ4n) is 6.55. The number of imide groups is 1. The Morgan fingerprint density at radius 1 is 0.952 bits per heavy atom. The molecule has 2 aromatic carbocycles. The molecule has 214 valence electrons. The second kappa shape index (κ2) is 10.8. The second-order valence-electron chi connectivity index (χ2n) is 10.6. The number of benzene rings is 2. The van der Waals surface area contributed by atoms with E-state index in [0.29, 0.717) is 28.8 Å². The zero-order valence-electron chi connectivity index (χ0n) is 22.6. The predicted octanol–water partition coefficient (Wildman–Crippen LogP) is 5.68. The number of halogens is 2. The minimum atomic E-state index is -0.660. The van der Waals surface area contributed by atoms with E-state index in [2.05, 4.69) is 31.9 Å². The van der Waals surface area contributed by atoms with Gasteiger partial charge in [-0.15, -0.1) is 0 Å². The first-order valence-corrected chi connectivity index (χ1v) is 14.9. The van der Waals surface area contributed by atoms with Crippen molar-refractivity contribution in [2.45, 2.75) is 12.8 Å². The number of allylic oxidation sites excluding steroid dienone is 7. The molecular weight excluding hydrogens is 670 g/mol. The van der Waals surface area contributed by atoms with Gasteiger partial charge in [-0.3, -0.25) is 24.1 Å². The van der Waals surface area contributed by atoms with Gasteiger partial charge in [-0.1, -0.05) is 39.7 Å². The molecule has 1 fully saturated rings. The Hall–Kier alpha value is -3.76. The number of carbonyl (C=O) groups is 4. The first-order chi connectivity index (χ1) is 20.1. The molecule has 3 aliphatic carbocycles. The number of amides is 2. The van der Waals surface area contributed by atoms with Gasteiger partial charge in [0, 0.05) is 27.6 Å². The lowest BCUT2D eigenvalue weighted by Crippen LogP contribution is -2.40. The standard InChI is InChI=1S/C32H25Br2NO7/c1-41-25-11-15(12-26(42-2)30(25)38)3-8-19-18-9-10-20-28(21(18)13-22-27(19)24(36)14-23(34)29(22)37)32(40)35(31(20)39)17-6-4-16(33)5-7-17/h3-9,11-12,14,19-21,28,38H,10,13H2,1-2H3/t19-,20-,21+,28-/m0/s1. The molecule has 1 heterocycles. The van der Waals surface area contributed by atoms with E-state index >= 15 is 0 Å². The van der Waals surface area contributed by atoms with Gasteiger partial charge in [-0.2, -0.15) is 0 Å². The number of rotatable bonds is 5. The average Bonchev–Trinajstić information content (AvgIpc) is 3.24. The lowest BCUT2D eigenvalue weighted by Gasteiger charge is -2.41. The van der Waals surface area contributed by atoms with Crippen molar-refractivity contribution in [3.8, 4) is 17.2 Å². The highest BCUT2D eigenvalue weighted by atomic mass is 79.9. The van der Waals surface area contributed by atoms with Crippen molar-refractivity contribution in [2.75, 3.05) is 19.1 Å². The van der Waals surface area contributed by atoms with Gasteiger partial charge in [0.05, 0.1) is 36.2 Å². The van der Waals surface area contributed by atoms with Crippen molar-refractivity contribution in [1.82, 2.24) is 0 Å². The number of fused-ring (bicyclic) bond motifs is 3. The highest BCUT2D eigenvalue weighted by Crippen LogP contribution is 2.53. The maximum atomic E-state index is 13.9. The molecule has 1 aliphatic heterocycles. The van der Waals surface area contributed by atoms with Gasteiger partial charge in [-0.05, 0) is 76.7 Å². The fourth-order valence-corrected chi connectivity index (χ4v) is 7.26. The number of phenolic OH excluding ortho intramolecular Hbond substituents is 1. The molecule has 1 saturated heterocycles. The molecule has 2 aromatic rings. The molecule has 0 spiro atoms. The Kier molecular flexibility index (Phi) is 7.31. The van der Waals surface area contributed by atoms with E-state index in [1.807, 2.05) is 12.2 Å². The molecule has 0 unspecified atom stereocenters. The normalized spacial score (nSPS) is 25.3. The van der Waals surface area contributed by atoms with Crippen LogP contribution in [0.4, 0.5) is 5.69 Å². The number of carbonyl (C=O) groups excluding carboxylic acids is 4. The summed E-state index contributed by atoms with van der Waals surface area (Å²) in [7, 11) is 2.87. The number of methoxy groups -OCH3 is 2. The molecule has 42 heavy (non-hydrogen) atoms. The number of Topliss-reactive ketones (excluding diaryl/α,β-unsaturated/α-hetero) is 1. The van der Waals surface area contributed by atoms with Gasteiger partial charge < -0.3 is 14.6 Å². The van der Waals surface area contributed by atoms with Crippen LogP contribution in [0.15, 0.2) is 80.3 Å². The molecule has 2 amide bonds. The summed E-state index contributed by atoms with van der Waals surface area (Å²) < 4.78 is 11.6. The number of hydrogen-bond acceptors (Lipinski definition) is 7. The number of anilines is 1. The molecule has 0 aromatic heterocycles. The quantitative estimate of drug-likeness (QED) is 0.244. The van der Waals surface area contributed by atoms with Gasteiger partial charge in [0.15, 0.2) is 23.1 Å². The van der Waals surface area contributed by atoms with Crippen molar-refractivity contribution in [2.24, 2.45) is 23.7 Å². The summed E-state index contributed by atoms with van der Waals surface area (Å²) in [5, 5.41) is 10.3. The van der Waals surface area contributed by atoms with Crippen LogP contribution in [0.3, 0.4) is 0 Å². The summed E-state index contributed by atoms with van der Waals surface area (Å²) in [5.74, 6) is -3.08. The zero-order valence-corrected chi connectivity index (χ0v) is 25.8. The third kappa shape index (κ3) is 4.48. The lowest BCUT2D eigenvalue weighted by molar-refractivity contribution is -0.123. The van der Waals surface area contributed by atoms with Gasteiger partial charge in [0.2, 0.25) is 17.6 Å². The minimum absolute atomic E-state index is 0.135. The van der Waals surface area contributed by atoms with Crippen molar-refractivity contribution in [3.05, 3.63) is 85.9 Å². The molecule has 0 bridgehead atoms. The summed E-state index contributed by atoms with van der Waals surface area (Å²) in [6.45, 7) is 0. The first-order valence-electron chi connectivity index (χ1n) is 13.3. The fraction of sp³-hybridized carbons (Fsp3) is 0.250. The maximum absolute atomic E-state index is 13.9. The van der Waals surface area contributed by atoms with E-state index in [4.69, 9.17) is 9.47 Å². The van der Waals surface area contributed by atoms with Crippen LogP contribution >= 0.6 is 31.9 Å². The molecular formula is C32H25Br2NO7. The van der Waals surface area contributed by atoms with E-state index in [9.17, 15) is 24.3 Å². The second-order valence-corrected chi connectivity index (χ2v) is 12.3. The molecule has 0 saturated carbocycles. The van der Waals surface area contributed by atoms with Crippen LogP contribution in [0.2, 0.25) is 0 Å². The number of ether oxygens (including phenoxy) is 2. The van der Waals surface area contributed by atoms with Crippen LogP contribution in [0.1, 0.15) is 18.4 Å². The zero-order chi connectivity index (χ0) is 29.9. The highest BCUT2D eigenvalue weighted by molar-refractivity contribution is 9.12. The van der Waals surface area contributed by atoms with E-state index in [1.54, 1.807) is 42.5 Å². The van der Waals surface area contributed by atoms with Gasteiger partial charge in [0.25, 0.3) is 0 Å². The van der Waals surface area contributed by atoms with Crippen LogP contribution in [0.25, 0.3) is 6.08 Å². The van der Waals surface area contributed by atoms with E-state index in [-0.39, 0.29) is 51.5 Å². The number of hydrogen-bond donors (Lipinski definition) is 1. The monoisotopic (exact) mass is 693 g/mol. The van der Waals surface area contributed by atoms with Gasteiger partial charge >= 0.3 is 0 Å². The van der Waals surface area contributed by atoms with Crippen LogP contribution in [-0.2, 0) is 19.2 Å². The lowest BCUT2D eigenvalue weighted by atomic mass is 9.61. The molecule has 1 N–H and O–H groups in total. The highest BCUT2D eigenvalue weighted by Gasteiger charge is 2.56. The maximum Gasteiger partial charge on any atom is 0.238 e. The van der Waals surface area contributed by atoms with E-state index in [0.717, 1.165) is 10.0 Å². The largest absolute Gasteiger partial charge is 0.502 e. The number of nitrogens with zero attached hydrogens (tertiary/aromatic N) is 1. The molecule has 6 rings (SSSR count). The van der Waals surface area contributed by atoms with Crippen LogP contribution < -0.4 is 14.4 Å². The Labute approximate surface area is 258 Å². The van der Waals surface area contributed by atoms with Crippen LogP contribution in [0, 0.1) is 23.7 Å². The number of ketones is 2. The topological polar surface area (TPSA) is 110 Å². The van der Waals surface area contributed by atoms with Crippen molar-refractivity contribution in [3.63, 3.8) is 0 Å². The molecule has 4 atom stereocenters. The summed E-state index contributed by atoms with van der Waals surface area (Å²) in [6, 6.07) is 10.3. The SMILES string of the molecule is COc1cc(C=C[C@H]2C3=CC[C@@H]4C(=O)N(c5ccc(Br)cc5)C(=O)[C@@H]4[C@@H]3CC3=C2C(=O)C=C(Br)C3=O)cc(OC)c1O. The Bertz CT molecular complexity index is 1660. The first kappa shape index (κ1) is 28.4. The summed E-state index contributed by atoms with van der Waals surface area (Å²) in [4.78, 5) is 55.5. The average molecular weight is 695 g/mol. The summed E-state index contributed by atoms with van der Waals surface area (Å²) in [5.41, 5.74) is 2.71. The Balaban J connectivity index is 1.43. The summed E-state index contributed by atoms with van der Waals surface area (Å²) in [6.07, 6.45) is 7.39. The van der Waals surface area contributed by atoms with Gasteiger partial charge in [0.1, 0.15) is 0 Å². The Morgan fingerprint density at radius 2 is 1.62 bits per heavy atom. The van der Waals surface area contributed by atoms with E-state index in [1.165, 1.54) is 25.2 Å². The van der Waals surface area contributed by atoms with Crippen LogP contribution in [-0.4, -0.2) is 42.7 Å². The predicted molar refractivity (Wildman–Crippen MR) is 162 cm³/mol. The van der Waals surface area contributed by atoms with Crippen molar-refractivity contribution in [1.29, 1.82) is 0 Å². The minimum Gasteiger partial charge on any atom is -0.502 e. The van der Waals surface area contributed by atoms with Crippen molar-refractivity contribution >= 4 is 67.0 Å². The third-order valence-corrected chi connectivity index (χ3v) is 9.57. The molecule has 0 radical (unpaired) electrons. The smallest absolute Gasteiger partial charge is 0.238 e. The Morgan fingerprint density at radius 3 is 2.26 bits per heavy atom. The van der Waals surface area contributed by atoms with Crippen LogP contribution in [0.5, 0.6) is 17.2 Å². The molecule has 10 heteroatoms. The molecule has 8 nitrogen and oxygen atoms in total. The van der Waals surface area contributed by atoms with Crippen molar-refractivity contribution < 1.29 is 33.8 Å². The molecule has 4 aliphatic rings. The number of phenols is 1. The third-order valence-electron chi connectivity index (χ3n) is 8.45. The summed E-state index contributed by atoms with van der Waals surface area (Å²) >= 11 is 6.64. The van der Waals surface area contributed by atoms with E-state index < -0.39 is 23.7 Å². The number of aromatic hydroxyl groups is 1. The van der Waals surface area contributed by atoms with Gasteiger partial charge in [-0.25, -0.2) is 0 Å².